The van der Waals surface area contributed by atoms with Gasteiger partial charge in [0, 0.05) is 18.1 Å². The second-order valence-corrected chi connectivity index (χ2v) is 7.69. The zero-order chi connectivity index (χ0) is 22.5. The van der Waals surface area contributed by atoms with Gasteiger partial charge in [0.15, 0.2) is 5.82 Å². The number of nitrogens with one attached hydrogen (secondary N) is 2. The van der Waals surface area contributed by atoms with Crippen LogP contribution in [-0.4, -0.2) is 41.8 Å². The molecular formula is C24H24N8O. The molecule has 9 heteroatoms. The lowest BCUT2D eigenvalue weighted by molar-refractivity contribution is 0.317. The number of anilines is 1. The van der Waals surface area contributed by atoms with Crippen molar-refractivity contribution in [2.24, 2.45) is 0 Å². The number of benzene rings is 2. The second-order valence-electron chi connectivity index (χ2n) is 7.69. The van der Waals surface area contributed by atoms with Gasteiger partial charge in [0.1, 0.15) is 11.8 Å². The highest BCUT2D eigenvalue weighted by molar-refractivity contribution is 5.78. The smallest absolute Gasteiger partial charge is 0.178 e. The van der Waals surface area contributed by atoms with Gasteiger partial charge in [-0.1, -0.05) is 25.1 Å². The molecule has 0 aliphatic carbocycles. The Bertz CT molecular complexity index is 1330. The van der Waals surface area contributed by atoms with Gasteiger partial charge in [0.25, 0.3) is 0 Å². The number of nitrogens with zero attached hydrogens (tertiary/aromatic N) is 6. The molecule has 5 rings (SSSR count). The highest BCUT2D eigenvalue weighted by atomic mass is 16.5. The maximum Gasteiger partial charge on any atom is 0.178 e. The van der Waals surface area contributed by atoms with E-state index >= 15 is 0 Å². The van der Waals surface area contributed by atoms with Crippen LogP contribution in [0.15, 0.2) is 73.3 Å². The number of tetrazole rings is 1. The average Bonchev–Trinajstić information content (AvgIpc) is 3.51. The zero-order valence-electron chi connectivity index (χ0n) is 18.2. The fourth-order valence-electron chi connectivity index (χ4n) is 3.69. The third-order valence-electron chi connectivity index (χ3n) is 5.27. The van der Waals surface area contributed by atoms with Crippen LogP contribution in [0.1, 0.15) is 36.3 Å². The monoisotopic (exact) mass is 440 g/mol. The van der Waals surface area contributed by atoms with E-state index in [1.54, 1.807) is 17.2 Å². The lowest BCUT2D eigenvalue weighted by Gasteiger charge is -2.21. The Hall–Kier alpha value is -4.27. The molecule has 166 valence electrons. The average molecular weight is 441 g/mol. The van der Waals surface area contributed by atoms with Crippen LogP contribution in [0.25, 0.3) is 11.0 Å². The normalized spacial score (nSPS) is 12.0. The van der Waals surface area contributed by atoms with E-state index < -0.39 is 0 Å². The molecule has 0 spiro atoms. The van der Waals surface area contributed by atoms with Crippen molar-refractivity contribution in [3.63, 3.8) is 0 Å². The van der Waals surface area contributed by atoms with Crippen LogP contribution >= 0.6 is 0 Å². The molecule has 0 saturated heterocycles. The number of H-pyrrole nitrogens is 1. The Morgan fingerprint density at radius 1 is 1.12 bits per heavy atom. The van der Waals surface area contributed by atoms with Gasteiger partial charge in [-0.2, -0.15) is 0 Å². The van der Waals surface area contributed by atoms with Crippen molar-refractivity contribution in [1.82, 2.24) is 35.2 Å². The van der Waals surface area contributed by atoms with Crippen molar-refractivity contribution in [2.45, 2.75) is 25.9 Å². The summed E-state index contributed by atoms with van der Waals surface area (Å²) in [6.07, 6.45) is 6.20. The number of imidazole rings is 1. The van der Waals surface area contributed by atoms with E-state index in [1.165, 1.54) is 0 Å². The summed E-state index contributed by atoms with van der Waals surface area (Å²) in [4.78, 5) is 11.7. The molecule has 0 saturated carbocycles. The third-order valence-corrected chi connectivity index (χ3v) is 5.27. The Balaban J connectivity index is 1.52. The Kier molecular flexibility index (Phi) is 5.92. The molecule has 1 unspecified atom stereocenters. The lowest BCUT2D eigenvalue weighted by Crippen LogP contribution is -2.19. The van der Waals surface area contributed by atoms with Crippen LogP contribution in [0, 0.1) is 0 Å². The van der Waals surface area contributed by atoms with E-state index in [-0.39, 0.29) is 6.04 Å². The SMILES string of the molecule is CCCOc1cccc(C(Nc2ccc3nc[nH]c3c2)c2nnnn2Cc2cccnc2)c1. The Labute approximate surface area is 190 Å². The molecule has 1 atom stereocenters. The molecule has 0 amide bonds. The molecule has 0 aliphatic rings. The quantitative estimate of drug-likeness (QED) is 0.357. The molecule has 33 heavy (non-hydrogen) atoms. The molecule has 0 aliphatic heterocycles. The second kappa shape index (κ2) is 9.47. The van der Waals surface area contributed by atoms with Crippen LogP contribution in [0.3, 0.4) is 0 Å². The summed E-state index contributed by atoms with van der Waals surface area (Å²) >= 11 is 0. The number of fused-ring (bicyclic) bond motifs is 1. The number of pyridine rings is 1. The summed E-state index contributed by atoms with van der Waals surface area (Å²) in [6.45, 7) is 3.27. The summed E-state index contributed by atoms with van der Waals surface area (Å²) in [7, 11) is 0. The van der Waals surface area contributed by atoms with Gasteiger partial charge < -0.3 is 15.0 Å². The first-order valence-electron chi connectivity index (χ1n) is 10.9. The molecule has 3 heterocycles. The largest absolute Gasteiger partial charge is 0.494 e. The fourth-order valence-corrected chi connectivity index (χ4v) is 3.69. The minimum absolute atomic E-state index is 0.304. The fraction of sp³-hybridized carbons (Fsp3) is 0.208. The lowest BCUT2D eigenvalue weighted by atomic mass is 10.0. The van der Waals surface area contributed by atoms with E-state index in [0.717, 1.165) is 40.0 Å². The van der Waals surface area contributed by atoms with Gasteiger partial charge in [-0.3, -0.25) is 4.98 Å². The third kappa shape index (κ3) is 4.67. The van der Waals surface area contributed by atoms with Gasteiger partial charge in [0.2, 0.25) is 0 Å². The summed E-state index contributed by atoms with van der Waals surface area (Å²) in [5.41, 5.74) is 4.80. The Morgan fingerprint density at radius 3 is 2.97 bits per heavy atom. The molecule has 9 nitrogen and oxygen atoms in total. The van der Waals surface area contributed by atoms with Crippen LogP contribution in [0.4, 0.5) is 5.69 Å². The van der Waals surface area contributed by atoms with Crippen molar-refractivity contribution in [1.29, 1.82) is 0 Å². The summed E-state index contributed by atoms with van der Waals surface area (Å²) in [5.74, 6) is 1.51. The van der Waals surface area contributed by atoms with Crippen LogP contribution in [0.2, 0.25) is 0 Å². The van der Waals surface area contributed by atoms with E-state index in [9.17, 15) is 0 Å². The molecule has 0 bridgehead atoms. The number of aromatic amines is 1. The number of aromatic nitrogens is 7. The van der Waals surface area contributed by atoms with Crippen molar-refractivity contribution >= 4 is 16.7 Å². The Morgan fingerprint density at radius 2 is 2.09 bits per heavy atom. The van der Waals surface area contributed by atoms with E-state index in [1.807, 2.05) is 60.8 Å². The highest BCUT2D eigenvalue weighted by Gasteiger charge is 2.22. The number of hydrogen-bond acceptors (Lipinski definition) is 7. The van der Waals surface area contributed by atoms with Crippen molar-refractivity contribution in [2.75, 3.05) is 11.9 Å². The van der Waals surface area contributed by atoms with E-state index in [2.05, 4.69) is 42.7 Å². The minimum Gasteiger partial charge on any atom is -0.494 e. The predicted molar refractivity (Wildman–Crippen MR) is 125 cm³/mol. The maximum atomic E-state index is 5.88. The van der Waals surface area contributed by atoms with Gasteiger partial charge in [-0.25, -0.2) is 9.67 Å². The molecular weight excluding hydrogens is 416 g/mol. The topological polar surface area (TPSA) is 106 Å². The van der Waals surface area contributed by atoms with Gasteiger partial charge >= 0.3 is 0 Å². The van der Waals surface area contributed by atoms with Crippen molar-refractivity contribution in [3.8, 4) is 5.75 Å². The molecule has 0 radical (unpaired) electrons. The highest BCUT2D eigenvalue weighted by Crippen LogP contribution is 2.29. The summed E-state index contributed by atoms with van der Waals surface area (Å²) in [5, 5.41) is 16.2. The van der Waals surface area contributed by atoms with Gasteiger partial charge in [-0.05, 0) is 64.4 Å². The van der Waals surface area contributed by atoms with E-state index in [0.29, 0.717) is 19.0 Å². The van der Waals surface area contributed by atoms with Gasteiger partial charge in [-0.15, -0.1) is 5.10 Å². The predicted octanol–water partition coefficient (Wildman–Crippen LogP) is 3.98. The van der Waals surface area contributed by atoms with Crippen molar-refractivity contribution < 1.29 is 4.74 Å². The zero-order valence-corrected chi connectivity index (χ0v) is 18.2. The first-order chi connectivity index (χ1) is 16.3. The molecule has 2 aromatic carbocycles. The maximum absolute atomic E-state index is 5.88. The summed E-state index contributed by atoms with van der Waals surface area (Å²) < 4.78 is 7.67. The van der Waals surface area contributed by atoms with Crippen LogP contribution in [-0.2, 0) is 6.54 Å². The number of hydrogen-bond donors (Lipinski definition) is 2. The molecule has 5 aromatic rings. The standard InChI is InChI=1S/C24H24N8O/c1-2-11-33-20-7-3-6-18(12-20)23(28-19-8-9-21-22(13-19)27-16-26-21)24-29-30-31-32(24)15-17-5-4-10-25-14-17/h3-10,12-14,16,23,28H,2,11,15H2,1H3,(H,26,27). The number of ether oxygens (including phenoxy) is 1. The molecule has 0 fully saturated rings. The first-order valence-corrected chi connectivity index (χ1v) is 10.9. The molecule has 2 N–H and O–H groups in total. The minimum atomic E-state index is -0.304. The van der Waals surface area contributed by atoms with E-state index in [4.69, 9.17) is 4.74 Å². The van der Waals surface area contributed by atoms with Gasteiger partial charge in [0.05, 0.1) is 30.5 Å². The summed E-state index contributed by atoms with van der Waals surface area (Å²) in [6, 6.07) is 17.7. The van der Waals surface area contributed by atoms with Crippen molar-refractivity contribution in [3.05, 3.63) is 90.3 Å². The number of rotatable bonds is 9. The van der Waals surface area contributed by atoms with Crippen LogP contribution in [0.5, 0.6) is 5.75 Å². The van der Waals surface area contributed by atoms with Crippen LogP contribution < -0.4 is 10.1 Å². The molecule has 3 aromatic heterocycles. The first kappa shape index (κ1) is 20.6.